The second-order valence-corrected chi connectivity index (χ2v) is 19.4. The van der Waals surface area contributed by atoms with Gasteiger partial charge in [0.15, 0.2) is 11.9 Å². The van der Waals surface area contributed by atoms with Crippen LogP contribution in [-0.4, -0.2) is 48.1 Å². The maximum atomic E-state index is 12.5. The van der Waals surface area contributed by atoms with Crippen LogP contribution in [0.25, 0.3) is 32.7 Å². The van der Waals surface area contributed by atoms with E-state index in [2.05, 4.69) is 41.1 Å². The molecule has 0 aliphatic heterocycles. The quantitative estimate of drug-likeness (QED) is 0.0260. The molecule has 0 aromatic heterocycles. The van der Waals surface area contributed by atoms with Crippen LogP contribution in [0.2, 0.25) is 0 Å². The van der Waals surface area contributed by atoms with Crippen LogP contribution in [0.1, 0.15) is 0 Å². The molecular weight excluding hydrogens is 1030 g/mol. The number of rotatable bonds is 11. The number of azo groups is 2. The van der Waals surface area contributed by atoms with Gasteiger partial charge in [-0.15, -0.1) is 10.2 Å². The number of anilines is 2. The van der Waals surface area contributed by atoms with Crippen LogP contribution in [0, 0.1) is 0 Å². The molecule has 0 saturated carbocycles. The van der Waals surface area contributed by atoms with Gasteiger partial charge >= 0.3 is 0 Å². The van der Waals surface area contributed by atoms with Gasteiger partial charge in [0.05, 0.1) is 22.7 Å². The molecule has 0 radical (unpaired) electrons. The van der Waals surface area contributed by atoms with Gasteiger partial charge in [-0.25, -0.2) is 9.98 Å². The lowest BCUT2D eigenvalue weighted by Gasteiger charge is -2.12. The van der Waals surface area contributed by atoms with E-state index >= 15 is 0 Å². The minimum Gasteiger partial charge on any atom is -0.506 e. The number of nitrogens with two attached hydrogens (primary N) is 2. The Morgan fingerprint density at radius 1 is 0.372 bits per heavy atom. The molecule has 0 heterocycles. The lowest BCUT2D eigenvalue weighted by atomic mass is 10.0. The molecule has 0 amide bonds. The van der Waals surface area contributed by atoms with E-state index in [1.807, 2.05) is 146 Å². The predicted molar refractivity (Wildman–Crippen MR) is 307 cm³/mol. The van der Waals surface area contributed by atoms with Crippen molar-refractivity contribution in [1.82, 2.24) is 0 Å². The van der Waals surface area contributed by atoms with Gasteiger partial charge in [0.2, 0.25) is 0 Å². The molecule has 0 saturated heterocycles. The van der Waals surface area contributed by atoms with Gasteiger partial charge in [-0.05, 0) is 95.7 Å². The highest BCUT2D eigenvalue weighted by Gasteiger charge is 2.24. The highest BCUT2D eigenvalue weighted by atomic mass is 32.2. The standard InChI is InChI=1S/C32H22N4O8S2.2C13H13N3/c37-27-15-9-19-5-1-3-7-23(19)31(27)35-33-21-11-13-25(29(17-21)45(39,40)41)26-14-12-22(18-30(26)46(42,43)44)34-36-32-24-8-4-2-6-20(24)10-16-28(32)38;2*14-13(15-11-7-3-1-4-8-11)16-12-9-5-2-6-10-12/h1-18,37-38H,(H,39,40,41)(H,42,43,44);2*1-10H,(H3,14,15,16). The van der Waals surface area contributed by atoms with Crippen LogP contribution in [0.5, 0.6) is 11.5 Å². The molecule has 10 N–H and O–H groups in total. The minimum atomic E-state index is -4.97. The number of aliphatic imine (C=N–C) groups is 2. The van der Waals surface area contributed by atoms with E-state index in [4.69, 9.17) is 11.5 Å². The number of hydrogen-bond acceptors (Lipinski definition) is 12. The fourth-order valence-electron chi connectivity index (χ4n) is 7.61. The largest absolute Gasteiger partial charge is 0.506 e. The van der Waals surface area contributed by atoms with E-state index < -0.39 is 30.0 Å². The van der Waals surface area contributed by atoms with Gasteiger partial charge in [-0.3, -0.25) is 9.11 Å². The third-order valence-corrected chi connectivity index (χ3v) is 13.0. The summed E-state index contributed by atoms with van der Waals surface area (Å²) < 4.78 is 70.1. The SMILES string of the molecule is NC(=Nc1ccccc1)Nc1ccccc1.NC(=Nc1ccccc1)Nc1ccccc1.O=S(=O)(O)c1cc(N=Nc2c(O)ccc3ccccc23)ccc1-c1ccc(N=Nc2c(O)ccc3ccccc23)cc1S(=O)(=O)O. The second-order valence-electron chi connectivity index (χ2n) is 16.7. The van der Waals surface area contributed by atoms with Crippen molar-refractivity contribution in [2.45, 2.75) is 9.79 Å². The van der Waals surface area contributed by atoms with E-state index in [1.54, 1.807) is 36.4 Å². The molecular formula is C58H48N10O8S2. The number of fused-ring (bicyclic) bond motifs is 2. The van der Waals surface area contributed by atoms with E-state index in [-0.39, 0.29) is 45.4 Å². The first-order valence-corrected chi connectivity index (χ1v) is 26.4. The van der Waals surface area contributed by atoms with Crippen molar-refractivity contribution in [1.29, 1.82) is 0 Å². The summed E-state index contributed by atoms with van der Waals surface area (Å²) in [5.41, 5.74) is 14.7. The van der Waals surface area contributed by atoms with Gasteiger partial charge in [-0.2, -0.15) is 27.1 Å². The van der Waals surface area contributed by atoms with E-state index in [0.29, 0.717) is 22.7 Å². The summed E-state index contributed by atoms with van der Waals surface area (Å²) in [5, 5.41) is 45.7. The molecule has 0 bridgehead atoms. The number of phenols is 2. The predicted octanol–water partition coefficient (Wildman–Crippen LogP) is 13.9. The fraction of sp³-hybridized carbons (Fsp3) is 0. The van der Waals surface area contributed by atoms with Crippen molar-refractivity contribution in [3.05, 3.63) is 231 Å². The zero-order chi connectivity index (χ0) is 55.1. The summed E-state index contributed by atoms with van der Waals surface area (Å²) in [6.45, 7) is 0. The zero-order valence-corrected chi connectivity index (χ0v) is 42.6. The monoisotopic (exact) mass is 1080 g/mol. The molecule has 20 heteroatoms. The molecule has 78 heavy (non-hydrogen) atoms. The van der Waals surface area contributed by atoms with Crippen molar-refractivity contribution in [3.63, 3.8) is 0 Å². The molecule has 0 fully saturated rings. The lowest BCUT2D eigenvalue weighted by molar-refractivity contribution is 0.476. The van der Waals surface area contributed by atoms with E-state index in [1.165, 1.54) is 36.4 Å². The molecule has 0 aliphatic rings. The number of nitrogens with zero attached hydrogens (tertiary/aromatic N) is 6. The second kappa shape index (κ2) is 24.9. The normalized spacial score (nSPS) is 11.9. The van der Waals surface area contributed by atoms with Crippen LogP contribution >= 0.6 is 0 Å². The molecule has 0 atom stereocenters. The summed E-state index contributed by atoms with van der Waals surface area (Å²) in [5.74, 6) is 0.439. The zero-order valence-electron chi connectivity index (χ0n) is 41.0. The van der Waals surface area contributed by atoms with E-state index in [0.717, 1.165) is 45.7 Å². The Bertz CT molecular complexity index is 3810. The third kappa shape index (κ3) is 14.6. The maximum absolute atomic E-state index is 12.5. The molecule has 0 unspecified atom stereocenters. The van der Waals surface area contributed by atoms with Crippen LogP contribution in [0.3, 0.4) is 0 Å². The summed E-state index contributed by atoms with van der Waals surface area (Å²) in [4.78, 5) is 7.04. The van der Waals surface area contributed by atoms with Crippen LogP contribution in [0.15, 0.2) is 271 Å². The van der Waals surface area contributed by atoms with Crippen LogP contribution in [0.4, 0.5) is 45.5 Å². The minimum absolute atomic E-state index is 0.0440. The topological polar surface area (TPSA) is 299 Å². The Morgan fingerprint density at radius 2 is 0.705 bits per heavy atom. The van der Waals surface area contributed by atoms with Crippen molar-refractivity contribution >= 4 is 99.2 Å². The molecule has 18 nitrogen and oxygen atoms in total. The van der Waals surface area contributed by atoms with Crippen molar-refractivity contribution < 1.29 is 36.2 Å². The molecule has 10 rings (SSSR count). The fourth-order valence-corrected chi connectivity index (χ4v) is 9.06. The lowest BCUT2D eigenvalue weighted by Crippen LogP contribution is -2.21. The number of para-hydroxylation sites is 4. The Hall–Kier alpha value is -10.1. The summed E-state index contributed by atoms with van der Waals surface area (Å²) in [6, 6.07) is 66.1. The van der Waals surface area contributed by atoms with Crippen molar-refractivity contribution in [2.75, 3.05) is 10.6 Å². The average Bonchev–Trinajstić information content (AvgIpc) is 3.56. The van der Waals surface area contributed by atoms with E-state index in [9.17, 15) is 36.2 Å². The highest BCUT2D eigenvalue weighted by molar-refractivity contribution is 7.86. The van der Waals surface area contributed by atoms with Gasteiger partial charge < -0.3 is 32.3 Å². The Kier molecular flexibility index (Phi) is 17.3. The van der Waals surface area contributed by atoms with Gasteiger partial charge in [0.1, 0.15) is 32.7 Å². The van der Waals surface area contributed by atoms with Crippen molar-refractivity contribution in [3.8, 4) is 22.6 Å². The summed E-state index contributed by atoms with van der Waals surface area (Å²) >= 11 is 0. The number of aromatic hydroxyl groups is 2. The number of phenolic OH excluding ortho intramolecular Hbond substituents is 2. The van der Waals surface area contributed by atoms with Gasteiger partial charge in [-0.1, -0.05) is 146 Å². The number of benzene rings is 10. The first-order valence-electron chi connectivity index (χ1n) is 23.5. The molecule has 10 aromatic rings. The first-order chi connectivity index (χ1) is 37.6. The average molecular weight is 1080 g/mol. The van der Waals surface area contributed by atoms with Crippen molar-refractivity contribution in [2.24, 2.45) is 41.9 Å². The maximum Gasteiger partial charge on any atom is 0.295 e. The Balaban J connectivity index is 0.000000202. The van der Waals surface area contributed by atoms with Crippen LogP contribution in [-0.2, 0) is 20.2 Å². The number of nitrogens with one attached hydrogen (secondary N) is 2. The van der Waals surface area contributed by atoms with Crippen LogP contribution < -0.4 is 22.1 Å². The summed E-state index contributed by atoms with van der Waals surface area (Å²) in [6.07, 6.45) is 0. The highest BCUT2D eigenvalue weighted by Crippen LogP contribution is 2.41. The van der Waals surface area contributed by atoms with Gasteiger partial charge in [0.25, 0.3) is 20.2 Å². The Morgan fingerprint density at radius 3 is 1.06 bits per heavy atom. The molecule has 390 valence electrons. The first kappa shape index (κ1) is 54.2. The number of guanidine groups is 2. The summed E-state index contributed by atoms with van der Waals surface area (Å²) in [7, 11) is -9.94. The molecule has 10 aromatic carbocycles. The smallest absolute Gasteiger partial charge is 0.295 e. The Labute approximate surface area is 448 Å². The molecule has 0 aliphatic carbocycles. The third-order valence-electron chi connectivity index (χ3n) is 11.2. The molecule has 0 spiro atoms. The number of hydrogen-bond donors (Lipinski definition) is 8. The van der Waals surface area contributed by atoms with Gasteiger partial charge in [0, 0.05) is 33.3 Å².